The number of aromatic nitrogens is 3. The second kappa shape index (κ2) is 7.69. The van der Waals surface area contributed by atoms with E-state index in [9.17, 15) is 18.0 Å². The van der Waals surface area contributed by atoms with Crippen LogP contribution in [0.3, 0.4) is 0 Å². The Bertz CT molecular complexity index is 1450. The van der Waals surface area contributed by atoms with Crippen molar-refractivity contribution in [3.63, 3.8) is 0 Å². The van der Waals surface area contributed by atoms with E-state index >= 15 is 0 Å². The topological polar surface area (TPSA) is 86.3 Å². The molecule has 0 unspecified atom stereocenters. The number of hydrogen-bond donors (Lipinski definition) is 1. The van der Waals surface area contributed by atoms with Gasteiger partial charge < -0.3 is 15.4 Å². The van der Waals surface area contributed by atoms with Crippen LogP contribution in [-0.2, 0) is 18.0 Å². The van der Waals surface area contributed by atoms with Crippen molar-refractivity contribution >= 4 is 33.5 Å². The Labute approximate surface area is 192 Å². The lowest BCUT2D eigenvalue weighted by Crippen LogP contribution is -2.37. The molecule has 2 N–H and O–H groups in total. The van der Waals surface area contributed by atoms with Gasteiger partial charge in [0.15, 0.2) is 0 Å². The van der Waals surface area contributed by atoms with Crippen LogP contribution in [-0.4, -0.2) is 39.2 Å². The Balaban J connectivity index is 1.53. The lowest BCUT2D eigenvalue weighted by molar-refractivity contribution is -0.137. The van der Waals surface area contributed by atoms with E-state index in [0.29, 0.717) is 33.5 Å². The average Bonchev–Trinajstić information content (AvgIpc) is 3.20. The molecule has 3 heterocycles. The molecule has 0 saturated carbocycles. The second-order valence-electron chi connectivity index (χ2n) is 8.51. The molecule has 10 heteroatoms. The monoisotopic (exact) mass is 469 g/mol. The van der Waals surface area contributed by atoms with Gasteiger partial charge in [0.05, 0.1) is 36.0 Å². The summed E-state index contributed by atoms with van der Waals surface area (Å²) in [5, 5.41) is 5.77. The van der Waals surface area contributed by atoms with Gasteiger partial charge in [-0.15, -0.1) is 0 Å². The minimum Gasteiger partial charge on any atom is -0.382 e. The van der Waals surface area contributed by atoms with E-state index in [1.54, 1.807) is 50.1 Å². The summed E-state index contributed by atoms with van der Waals surface area (Å²) in [6, 6.07) is 8.20. The fourth-order valence-corrected chi connectivity index (χ4v) is 4.59. The molecular weight excluding hydrogens is 447 g/mol. The summed E-state index contributed by atoms with van der Waals surface area (Å²) in [6.07, 6.45) is -3.28. The standard InChI is InChI=1S/C24H22F3N5O2/c1-12-16-9-14(24(25,26)27)5-6-15(16)20(11-34-12)31(2)23(33)13-4-7-19-17(8-13)18-10-29-32(3)21(18)22(28)30-19/h4-10,12,20H,11H2,1-3H3,(H2,28,30)/t12-,20-/m0/s1. The maximum Gasteiger partial charge on any atom is 0.416 e. The lowest BCUT2D eigenvalue weighted by atomic mass is 9.91. The van der Waals surface area contributed by atoms with E-state index in [0.717, 1.165) is 22.9 Å². The van der Waals surface area contributed by atoms with Gasteiger partial charge in [-0.1, -0.05) is 6.07 Å². The molecule has 5 rings (SSSR count). The zero-order valence-corrected chi connectivity index (χ0v) is 18.7. The van der Waals surface area contributed by atoms with Crippen LogP contribution in [0.15, 0.2) is 42.6 Å². The maximum absolute atomic E-state index is 13.4. The van der Waals surface area contributed by atoms with Crippen LogP contribution in [0, 0.1) is 0 Å². The van der Waals surface area contributed by atoms with Crippen molar-refractivity contribution < 1.29 is 22.7 Å². The molecule has 2 aromatic carbocycles. The molecule has 2 atom stereocenters. The summed E-state index contributed by atoms with van der Waals surface area (Å²) < 4.78 is 47.1. The number of alkyl halides is 3. The van der Waals surface area contributed by atoms with E-state index in [-0.39, 0.29) is 12.5 Å². The van der Waals surface area contributed by atoms with Crippen molar-refractivity contribution in [2.75, 3.05) is 19.4 Å². The van der Waals surface area contributed by atoms with E-state index in [4.69, 9.17) is 10.5 Å². The predicted molar refractivity (Wildman–Crippen MR) is 121 cm³/mol. The minimum atomic E-state index is -4.45. The summed E-state index contributed by atoms with van der Waals surface area (Å²) >= 11 is 0. The number of halogens is 3. The zero-order valence-electron chi connectivity index (χ0n) is 18.7. The Morgan fingerprint density at radius 1 is 1.18 bits per heavy atom. The van der Waals surface area contributed by atoms with Crippen LogP contribution in [0.25, 0.3) is 21.8 Å². The number of carbonyl (C=O) groups excluding carboxylic acids is 1. The first-order chi connectivity index (χ1) is 16.1. The first kappa shape index (κ1) is 22.1. The Hall–Kier alpha value is -3.66. The molecule has 34 heavy (non-hydrogen) atoms. The van der Waals surface area contributed by atoms with E-state index in [1.165, 1.54) is 11.0 Å². The van der Waals surface area contributed by atoms with Crippen molar-refractivity contribution in [1.29, 1.82) is 0 Å². The SMILES string of the molecule is C[C@@H]1OC[C@H](N(C)C(=O)c2ccc3nc(N)c4c(cnn4C)c3c2)c2ccc(C(F)(F)F)cc21. The number of ether oxygens (including phenoxy) is 1. The van der Waals surface area contributed by atoms with Crippen LogP contribution in [0.2, 0.25) is 0 Å². The quantitative estimate of drug-likeness (QED) is 0.463. The third-order valence-corrected chi connectivity index (χ3v) is 6.46. The molecule has 2 aromatic heterocycles. The molecule has 0 radical (unpaired) electrons. The van der Waals surface area contributed by atoms with Crippen molar-refractivity contribution in [2.24, 2.45) is 7.05 Å². The number of benzene rings is 2. The third kappa shape index (κ3) is 3.45. The third-order valence-electron chi connectivity index (χ3n) is 6.46. The van der Waals surface area contributed by atoms with Gasteiger partial charge in [-0.05, 0) is 48.4 Å². The summed E-state index contributed by atoms with van der Waals surface area (Å²) in [7, 11) is 3.39. The highest BCUT2D eigenvalue weighted by molar-refractivity contribution is 6.10. The van der Waals surface area contributed by atoms with E-state index in [2.05, 4.69) is 10.1 Å². The van der Waals surface area contributed by atoms with Crippen molar-refractivity contribution in [1.82, 2.24) is 19.7 Å². The minimum absolute atomic E-state index is 0.181. The molecule has 0 bridgehead atoms. The smallest absolute Gasteiger partial charge is 0.382 e. The Morgan fingerprint density at radius 3 is 2.68 bits per heavy atom. The number of amides is 1. The number of nitrogens with two attached hydrogens (primary N) is 1. The van der Waals surface area contributed by atoms with Gasteiger partial charge in [-0.3, -0.25) is 9.48 Å². The molecule has 1 amide bonds. The number of fused-ring (bicyclic) bond motifs is 4. The van der Waals surface area contributed by atoms with Crippen molar-refractivity contribution in [2.45, 2.75) is 25.2 Å². The van der Waals surface area contributed by atoms with Crippen LogP contribution in [0.5, 0.6) is 0 Å². The van der Waals surface area contributed by atoms with Gasteiger partial charge in [-0.2, -0.15) is 18.3 Å². The maximum atomic E-state index is 13.4. The number of anilines is 1. The number of aryl methyl sites for hydroxylation is 1. The van der Waals surface area contributed by atoms with Crippen LogP contribution < -0.4 is 5.73 Å². The summed E-state index contributed by atoms with van der Waals surface area (Å²) in [6.45, 7) is 1.89. The number of nitrogen functional groups attached to an aromatic ring is 1. The number of hydrogen-bond acceptors (Lipinski definition) is 5. The molecular formula is C24H22F3N5O2. The van der Waals surface area contributed by atoms with E-state index < -0.39 is 23.9 Å². The van der Waals surface area contributed by atoms with E-state index in [1.807, 2.05) is 0 Å². The number of rotatable bonds is 2. The highest BCUT2D eigenvalue weighted by atomic mass is 19.4. The van der Waals surface area contributed by atoms with Crippen LogP contribution >= 0.6 is 0 Å². The number of likely N-dealkylation sites (N-methyl/N-ethyl adjacent to an activating group) is 1. The first-order valence-corrected chi connectivity index (χ1v) is 10.7. The zero-order chi connectivity index (χ0) is 24.4. The molecule has 1 aliphatic heterocycles. The van der Waals surface area contributed by atoms with Crippen molar-refractivity contribution in [3.8, 4) is 0 Å². The van der Waals surface area contributed by atoms with Gasteiger partial charge in [0.2, 0.25) is 0 Å². The highest BCUT2D eigenvalue weighted by Crippen LogP contribution is 2.39. The largest absolute Gasteiger partial charge is 0.416 e. The first-order valence-electron chi connectivity index (χ1n) is 10.7. The van der Waals surface area contributed by atoms with Gasteiger partial charge in [0.1, 0.15) is 11.3 Å². The Morgan fingerprint density at radius 2 is 1.94 bits per heavy atom. The molecule has 0 saturated heterocycles. The summed E-state index contributed by atoms with van der Waals surface area (Å²) in [5.41, 5.74) is 8.14. The predicted octanol–water partition coefficient (Wildman–Crippen LogP) is 4.63. The number of nitrogens with zero attached hydrogens (tertiary/aromatic N) is 4. The molecule has 7 nitrogen and oxygen atoms in total. The van der Waals surface area contributed by atoms with Crippen LogP contribution in [0.4, 0.5) is 19.0 Å². The average molecular weight is 469 g/mol. The van der Waals surface area contributed by atoms with Gasteiger partial charge >= 0.3 is 6.18 Å². The van der Waals surface area contributed by atoms with Crippen LogP contribution in [0.1, 0.15) is 46.1 Å². The number of carbonyl (C=O) groups is 1. The Kier molecular flexibility index (Phi) is 5.01. The highest BCUT2D eigenvalue weighted by Gasteiger charge is 2.36. The summed E-state index contributed by atoms with van der Waals surface area (Å²) in [5.74, 6) is 0.0618. The molecule has 0 fully saturated rings. The fraction of sp³-hybridized carbons (Fsp3) is 0.292. The van der Waals surface area contributed by atoms with Gasteiger partial charge in [-0.25, -0.2) is 4.98 Å². The lowest BCUT2D eigenvalue weighted by Gasteiger charge is -2.36. The molecule has 176 valence electrons. The molecule has 0 spiro atoms. The molecule has 1 aliphatic rings. The summed E-state index contributed by atoms with van der Waals surface area (Å²) in [4.78, 5) is 19.4. The number of pyridine rings is 1. The normalized spacial score (nSPS) is 18.3. The fourth-order valence-electron chi connectivity index (χ4n) is 4.59. The van der Waals surface area contributed by atoms with Crippen molar-refractivity contribution in [3.05, 3.63) is 64.8 Å². The van der Waals surface area contributed by atoms with Gasteiger partial charge in [0.25, 0.3) is 5.91 Å². The van der Waals surface area contributed by atoms with Gasteiger partial charge in [0, 0.05) is 30.4 Å². The second-order valence-corrected chi connectivity index (χ2v) is 8.51. The molecule has 4 aromatic rings. The molecule has 0 aliphatic carbocycles.